The largest absolute Gasteiger partial charge is 0.265 e. The summed E-state index contributed by atoms with van der Waals surface area (Å²) in [5.74, 6) is 0.723. The van der Waals surface area contributed by atoms with Crippen LogP contribution >= 0.6 is 0 Å². The Morgan fingerprint density at radius 2 is 2.00 bits per heavy atom. The molecule has 1 aromatic heterocycles. The number of rotatable bonds is 2. The predicted octanol–water partition coefficient (Wildman–Crippen LogP) is 3.72. The predicted molar refractivity (Wildman–Crippen MR) is 68.2 cm³/mol. The Balaban J connectivity index is 0.00000120. The van der Waals surface area contributed by atoms with Crippen molar-refractivity contribution in [1.29, 1.82) is 0 Å². The number of benzene rings is 1. The van der Waals surface area contributed by atoms with E-state index in [1.807, 2.05) is 35.1 Å². The Kier molecular flexibility index (Phi) is 4.77. The van der Waals surface area contributed by atoms with Gasteiger partial charge in [-0.15, -0.1) is 6.07 Å². The molecule has 0 unspecified atom stereocenters. The van der Waals surface area contributed by atoms with Crippen molar-refractivity contribution >= 4 is 0 Å². The molecule has 2 aromatic rings. The minimum absolute atomic E-state index is 0. The fraction of sp³-hybridized carbons (Fsp3) is 0.400. The smallest absolute Gasteiger partial charge is 0.0528 e. The maximum Gasteiger partial charge on any atom is 0.0528 e. The summed E-state index contributed by atoms with van der Waals surface area (Å²) < 4.78 is 1.93. The normalized spacial score (nSPS) is 16.2. The first-order chi connectivity index (χ1) is 8.43. The Labute approximate surface area is 123 Å². The molecule has 2 nitrogen and oxygen atoms in total. The van der Waals surface area contributed by atoms with Gasteiger partial charge in [-0.05, 0) is 30.0 Å². The van der Waals surface area contributed by atoms with Gasteiger partial charge >= 0.3 is 0 Å². The van der Waals surface area contributed by atoms with Crippen LogP contribution in [0.5, 0.6) is 0 Å². The Bertz CT molecular complexity index is 472. The van der Waals surface area contributed by atoms with Crippen LogP contribution in [0.2, 0.25) is 0 Å². The number of para-hydroxylation sites is 1. The molecule has 0 atom stereocenters. The maximum atomic E-state index is 4.45. The first-order valence-electron chi connectivity index (χ1n) is 6.45. The Hall–Kier alpha value is -0.882. The molecule has 1 fully saturated rings. The minimum Gasteiger partial charge on any atom is -0.265 e. The van der Waals surface area contributed by atoms with Crippen molar-refractivity contribution in [2.75, 3.05) is 0 Å². The molecule has 1 saturated carbocycles. The van der Waals surface area contributed by atoms with E-state index < -0.39 is 0 Å². The van der Waals surface area contributed by atoms with Crippen LogP contribution in [0.1, 0.15) is 43.6 Å². The third-order valence-corrected chi connectivity index (χ3v) is 3.62. The average Bonchev–Trinajstić information content (AvgIpc) is 2.90. The van der Waals surface area contributed by atoms with Crippen LogP contribution < -0.4 is 0 Å². The van der Waals surface area contributed by atoms with Gasteiger partial charge < -0.3 is 0 Å². The molecular formula is C15H17N2Pt-. The van der Waals surface area contributed by atoms with E-state index in [1.165, 1.54) is 37.7 Å². The monoisotopic (exact) mass is 420 g/mol. The number of hydrogen-bond acceptors (Lipinski definition) is 1. The molecule has 0 radical (unpaired) electrons. The van der Waals surface area contributed by atoms with Crippen molar-refractivity contribution < 1.29 is 21.1 Å². The molecule has 0 amide bonds. The Morgan fingerprint density at radius 1 is 1.17 bits per heavy atom. The van der Waals surface area contributed by atoms with Gasteiger partial charge in [-0.25, -0.2) is 0 Å². The summed E-state index contributed by atoms with van der Waals surface area (Å²) in [6.45, 7) is 0. The molecule has 18 heavy (non-hydrogen) atoms. The van der Waals surface area contributed by atoms with E-state index in [0.29, 0.717) is 0 Å². The number of aromatic nitrogens is 2. The van der Waals surface area contributed by atoms with Gasteiger partial charge in [0.05, 0.1) is 6.20 Å². The molecule has 3 rings (SSSR count). The van der Waals surface area contributed by atoms with Crippen molar-refractivity contribution in [3.8, 4) is 5.69 Å². The molecule has 1 aliphatic carbocycles. The molecular weight excluding hydrogens is 403 g/mol. The van der Waals surface area contributed by atoms with Gasteiger partial charge in [-0.3, -0.25) is 4.68 Å². The zero-order valence-corrected chi connectivity index (χ0v) is 12.6. The van der Waals surface area contributed by atoms with Crippen LogP contribution in [0.4, 0.5) is 0 Å². The van der Waals surface area contributed by atoms with E-state index in [0.717, 1.165) is 11.6 Å². The van der Waals surface area contributed by atoms with Crippen LogP contribution in [0.15, 0.2) is 36.7 Å². The summed E-state index contributed by atoms with van der Waals surface area (Å²) >= 11 is 0. The zero-order chi connectivity index (χ0) is 11.5. The van der Waals surface area contributed by atoms with Gasteiger partial charge in [0, 0.05) is 27.3 Å². The van der Waals surface area contributed by atoms with E-state index in [4.69, 9.17) is 0 Å². The molecule has 0 spiro atoms. The molecule has 1 aromatic carbocycles. The van der Waals surface area contributed by atoms with Crippen molar-refractivity contribution in [1.82, 2.24) is 9.78 Å². The van der Waals surface area contributed by atoms with Gasteiger partial charge in [0.1, 0.15) is 0 Å². The minimum atomic E-state index is 0. The molecule has 0 aliphatic heterocycles. The first-order valence-corrected chi connectivity index (χ1v) is 6.45. The molecule has 3 heteroatoms. The standard InChI is InChI=1S/C15H17N2.Pt/c1-3-7-13(8-4-1)14-11-16-17(12-14)15-9-5-2-6-10-15;/h2,5-6,9,11-13H,1,3-4,7-8H2;/q-1;. The van der Waals surface area contributed by atoms with Gasteiger partial charge in [0.15, 0.2) is 0 Å². The van der Waals surface area contributed by atoms with Gasteiger partial charge in [0.2, 0.25) is 0 Å². The quantitative estimate of drug-likeness (QED) is 0.678. The van der Waals surface area contributed by atoms with Gasteiger partial charge in [-0.2, -0.15) is 29.4 Å². The maximum absolute atomic E-state index is 4.45. The van der Waals surface area contributed by atoms with Gasteiger partial charge in [0.25, 0.3) is 0 Å². The molecule has 0 bridgehead atoms. The second-order valence-electron chi connectivity index (χ2n) is 4.80. The first kappa shape index (κ1) is 13.5. The molecule has 0 saturated heterocycles. The van der Waals surface area contributed by atoms with Crippen LogP contribution in [-0.2, 0) is 21.1 Å². The Morgan fingerprint density at radius 3 is 2.72 bits per heavy atom. The third kappa shape index (κ3) is 2.92. The second kappa shape index (κ2) is 6.33. The third-order valence-electron chi connectivity index (χ3n) is 3.62. The molecule has 98 valence electrons. The summed E-state index contributed by atoms with van der Waals surface area (Å²) in [5.41, 5.74) is 2.41. The van der Waals surface area contributed by atoms with E-state index in [-0.39, 0.29) is 21.1 Å². The van der Waals surface area contributed by atoms with E-state index >= 15 is 0 Å². The molecule has 1 aliphatic rings. The fourth-order valence-corrected chi connectivity index (χ4v) is 2.64. The van der Waals surface area contributed by atoms with Crippen LogP contribution in [0.3, 0.4) is 0 Å². The molecule has 1 heterocycles. The summed E-state index contributed by atoms with van der Waals surface area (Å²) in [4.78, 5) is 0. The van der Waals surface area contributed by atoms with Crippen LogP contribution in [0.25, 0.3) is 5.69 Å². The van der Waals surface area contributed by atoms with Crippen LogP contribution in [-0.4, -0.2) is 9.78 Å². The van der Waals surface area contributed by atoms with Crippen molar-refractivity contribution in [3.63, 3.8) is 0 Å². The second-order valence-corrected chi connectivity index (χ2v) is 4.80. The fourth-order valence-electron chi connectivity index (χ4n) is 2.64. The van der Waals surface area contributed by atoms with Crippen molar-refractivity contribution in [3.05, 3.63) is 48.3 Å². The SMILES string of the molecule is [Pt].[c-]1ccccc1-n1cc(C2CCCCC2)cn1. The van der Waals surface area contributed by atoms with Crippen LogP contribution in [0, 0.1) is 6.07 Å². The van der Waals surface area contributed by atoms with E-state index in [2.05, 4.69) is 17.4 Å². The average molecular weight is 420 g/mol. The summed E-state index contributed by atoms with van der Waals surface area (Å²) in [6.07, 6.45) is 11.0. The zero-order valence-electron chi connectivity index (χ0n) is 10.3. The van der Waals surface area contributed by atoms with E-state index in [9.17, 15) is 0 Å². The summed E-state index contributed by atoms with van der Waals surface area (Å²) in [5, 5.41) is 4.45. The number of nitrogens with zero attached hydrogens (tertiary/aromatic N) is 2. The van der Waals surface area contributed by atoms with E-state index in [1.54, 1.807) is 0 Å². The number of hydrogen-bond donors (Lipinski definition) is 0. The molecule has 0 N–H and O–H groups in total. The topological polar surface area (TPSA) is 17.8 Å². The van der Waals surface area contributed by atoms with Crippen molar-refractivity contribution in [2.45, 2.75) is 38.0 Å². The summed E-state index contributed by atoms with van der Waals surface area (Å²) in [7, 11) is 0. The van der Waals surface area contributed by atoms with Crippen molar-refractivity contribution in [2.24, 2.45) is 0 Å². The summed E-state index contributed by atoms with van der Waals surface area (Å²) in [6, 6.07) is 11.2. The van der Waals surface area contributed by atoms with Gasteiger partial charge in [-0.1, -0.05) is 19.3 Å².